The van der Waals surface area contributed by atoms with Gasteiger partial charge in [-0.05, 0) is 43.0 Å². The topological polar surface area (TPSA) is 51.5 Å². The molecule has 4 nitrogen and oxygen atoms in total. The highest BCUT2D eigenvalue weighted by Gasteiger charge is 2.24. The van der Waals surface area contributed by atoms with E-state index in [1.807, 2.05) is 30.3 Å². The van der Waals surface area contributed by atoms with E-state index in [0.717, 1.165) is 12.2 Å². The molecule has 0 radical (unpaired) electrons. The summed E-state index contributed by atoms with van der Waals surface area (Å²) in [4.78, 5) is 12.3. The first-order valence-corrected chi connectivity index (χ1v) is 8.30. The molecule has 3 rings (SSSR count). The highest BCUT2D eigenvalue weighted by molar-refractivity contribution is 5.91. The standard InChI is InChI=1S/C19H23NO3/c1-14-7-5-6-10-17(14)20-19(21)18-12-11-16(23-18)13-22-15-8-3-2-4-9-15/h2-4,8-9,11-12,14,17H,5-7,10,13H2,1H3,(H,20,21). The zero-order chi connectivity index (χ0) is 16.1. The van der Waals surface area contributed by atoms with Crippen LogP contribution < -0.4 is 10.1 Å². The highest BCUT2D eigenvalue weighted by Crippen LogP contribution is 2.24. The van der Waals surface area contributed by atoms with Gasteiger partial charge in [0.05, 0.1) is 0 Å². The van der Waals surface area contributed by atoms with Gasteiger partial charge in [0.1, 0.15) is 18.1 Å². The highest BCUT2D eigenvalue weighted by atomic mass is 16.5. The van der Waals surface area contributed by atoms with Crippen LogP contribution >= 0.6 is 0 Å². The first kappa shape index (κ1) is 15.7. The van der Waals surface area contributed by atoms with E-state index >= 15 is 0 Å². The summed E-state index contributed by atoms with van der Waals surface area (Å²) < 4.78 is 11.2. The Morgan fingerprint density at radius 1 is 1.17 bits per heavy atom. The van der Waals surface area contributed by atoms with Crippen LogP contribution in [0.2, 0.25) is 0 Å². The Morgan fingerprint density at radius 2 is 1.96 bits per heavy atom. The third-order valence-electron chi connectivity index (χ3n) is 4.44. The SMILES string of the molecule is CC1CCCCC1NC(=O)c1ccc(COc2ccccc2)o1. The molecule has 1 saturated carbocycles. The molecule has 0 aliphatic heterocycles. The van der Waals surface area contributed by atoms with Gasteiger partial charge in [0.2, 0.25) is 0 Å². The van der Waals surface area contributed by atoms with Gasteiger partial charge in [0, 0.05) is 6.04 Å². The zero-order valence-corrected chi connectivity index (χ0v) is 13.5. The van der Waals surface area contributed by atoms with E-state index < -0.39 is 0 Å². The number of carbonyl (C=O) groups is 1. The van der Waals surface area contributed by atoms with Crippen LogP contribution in [0.3, 0.4) is 0 Å². The maximum atomic E-state index is 12.3. The normalized spacial score (nSPS) is 20.9. The zero-order valence-electron chi connectivity index (χ0n) is 13.5. The summed E-state index contributed by atoms with van der Waals surface area (Å²) in [5, 5.41) is 3.10. The van der Waals surface area contributed by atoms with E-state index in [-0.39, 0.29) is 11.9 Å². The number of ether oxygens (including phenoxy) is 1. The van der Waals surface area contributed by atoms with Gasteiger partial charge < -0.3 is 14.5 Å². The van der Waals surface area contributed by atoms with Crippen LogP contribution in [-0.2, 0) is 6.61 Å². The molecule has 0 saturated heterocycles. The maximum Gasteiger partial charge on any atom is 0.287 e. The van der Waals surface area contributed by atoms with Crippen LogP contribution in [0.5, 0.6) is 5.75 Å². The van der Waals surface area contributed by atoms with Crippen molar-refractivity contribution in [3.05, 3.63) is 54.0 Å². The lowest BCUT2D eigenvalue weighted by atomic mass is 9.86. The van der Waals surface area contributed by atoms with Crippen molar-refractivity contribution >= 4 is 5.91 Å². The number of amides is 1. The summed E-state index contributed by atoms with van der Waals surface area (Å²) in [6.45, 7) is 2.52. The fraction of sp³-hybridized carbons (Fsp3) is 0.421. The third-order valence-corrected chi connectivity index (χ3v) is 4.44. The average Bonchev–Trinajstić information content (AvgIpc) is 3.05. The molecule has 1 aliphatic carbocycles. The third kappa shape index (κ3) is 4.15. The second kappa shape index (κ2) is 7.36. The van der Waals surface area contributed by atoms with Crippen LogP contribution in [-0.4, -0.2) is 11.9 Å². The van der Waals surface area contributed by atoms with Crippen molar-refractivity contribution in [1.29, 1.82) is 0 Å². The molecule has 2 aromatic rings. The number of carbonyl (C=O) groups excluding carboxylic acids is 1. The molecular formula is C19H23NO3. The molecule has 1 fully saturated rings. The van der Waals surface area contributed by atoms with Gasteiger partial charge in [-0.25, -0.2) is 0 Å². The van der Waals surface area contributed by atoms with E-state index in [4.69, 9.17) is 9.15 Å². The van der Waals surface area contributed by atoms with Gasteiger partial charge in [-0.2, -0.15) is 0 Å². The molecule has 1 aliphatic rings. The molecule has 1 N–H and O–H groups in total. The Hall–Kier alpha value is -2.23. The van der Waals surface area contributed by atoms with Crippen LogP contribution in [0.4, 0.5) is 0 Å². The minimum absolute atomic E-state index is 0.130. The van der Waals surface area contributed by atoms with Crippen LogP contribution in [0, 0.1) is 5.92 Å². The minimum Gasteiger partial charge on any atom is -0.486 e. The van der Waals surface area contributed by atoms with Crippen molar-refractivity contribution in [1.82, 2.24) is 5.32 Å². The lowest BCUT2D eigenvalue weighted by Gasteiger charge is -2.29. The lowest BCUT2D eigenvalue weighted by molar-refractivity contribution is 0.0878. The summed E-state index contributed by atoms with van der Waals surface area (Å²) in [6, 6.07) is 13.3. The van der Waals surface area contributed by atoms with Crippen LogP contribution in [0.15, 0.2) is 46.9 Å². The summed E-state index contributed by atoms with van der Waals surface area (Å²) in [5.41, 5.74) is 0. The predicted octanol–water partition coefficient (Wildman–Crippen LogP) is 4.17. The molecule has 4 heteroatoms. The maximum absolute atomic E-state index is 12.3. The predicted molar refractivity (Wildman–Crippen MR) is 88.4 cm³/mol. The van der Waals surface area contributed by atoms with E-state index in [1.54, 1.807) is 12.1 Å². The summed E-state index contributed by atoms with van der Waals surface area (Å²) >= 11 is 0. The number of para-hydroxylation sites is 1. The molecule has 122 valence electrons. The fourth-order valence-corrected chi connectivity index (χ4v) is 3.02. The van der Waals surface area contributed by atoms with Crippen molar-refractivity contribution in [2.24, 2.45) is 5.92 Å². The Balaban J connectivity index is 1.54. The largest absolute Gasteiger partial charge is 0.486 e. The smallest absolute Gasteiger partial charge is 0.287 e. The monoisotopic (exact) mass is 313 g/mol. The van der Waals surface area contributed by atoms with Gasteiger partial charge in [-0.1, -0.05) is 38.0 Å². The fourth-order valence-electron chi connectivity index (χ4n) is 3.02. The molecule has 23 heavy (non-hydrogen) atoms. The number of rotatable bonds is 5. The average molecular weight is 313 g/mol. The Morgan fingerprint density at radius 3 is 2.74 bits per heavy atom. The van der Waals surface area contributed by atoms with Gasteiger partial charge in [0.15, 0.2) is 5.76 Å². The summed E-state index contributed by atoms with van der Waals surface area (Å²) in [6.07, 6.45) is 4.68. The summed E-state index contributed by atoms with van der Waals surface area (Å²) in [5.74, 6) is 2.19. The van der Waals surface area contributed by atoms with Crippen molar-refractivity contribution in [2.45, 2.75) is 45.3 Å². The Kier molecular flexibility index (Phi) is 5.01. The quantitative estimate of drug-likeness (QED) is 0.901. The van der Waals surface area contributed by atoms with E-state index in [0.29, 0.717) is 24.0 Å². The van der Waals surface area contributed by atoms with Crippen LogP contribution in [0.25, 0.3) is 0 Å². The van der Waals surface area contributed by atoms with Gasteiger partial charge in [-0.3, -0.25) is 4.79 Å². The molecular weight excluding hydrogens is 290 g/mol. The van der Waals surface area contributed by atoms with Crippen LogP contribution in [0.1, 0.15) is 48.9 Å². The minimum atomic E-state index is -0.130. The molecule has 1 aromatic heterocycles. The molecule has 0 bridgehead atoms. The number of nitrogens with one attached hydrogen (secondary N) is 1. The molecule has 1 amide bonds. The number of hydrogen-bond donors (Lipinski definition) is 1. The van der Waals surface area contributed by atoms with Gasteiger partial charge in [-0.15, -0.1) is 0 Å². The number of furan rings is 1. The van der Waals surface area contributed by atoms with Gasteiger partial charge in [0.25, 0.3) is 5.91 Å². The molecule has 0 spiro atoms. The first-order valence-electron chi connectivity index (χ1n) is 8.30. The second-order valence-electron chi connectivity index (χ2n) is 6.21. The Labute approximate surface area is 136 Å². The summed E-state index contributed by atoms with van der Waals surface area (Å²) in [7, 11) is 0. The van der Waals surface area contributed by atoms with E-state index in [9.17, 15) is 4.79 Å². The van der Waals surface area contributed by atoms with Crippen molar-refractivity contribution < 1.29 is 13.9 Å². The molecule has 2 atom stereocenters. The van der Waals surface area contributed by atoms with Crippen molar-refractivity contribution in [3.8, 4) is 5.75 Å². The molecule has 2 unspecified atom stereocenters. The van der Waals surface area contributed by atoms with Gasteiger partial charge >= 0.3 is 0 Å². The first-order chi connectivity index (χ1) is 11.2. The molecule has 1 heterocycles. The van der Waals surface area contributed by atoms with E-state index in [2.05, 4.69) is 12.2 Å². The number of benzene rings is 1. The number of hydrogen-bond acceptors (Lipinski definition) is 3. The lowest BCUT2D eigenvalue weighted by Crippen LogP contribution is -2.40. The van der Waals surface area contributed by atoms with E-state index in [1.165, 1.54) is 19.3 Å². The van der Waals surface area contributed by atoms with Crippen molar-refractivity contribution in [3.63, 3.8) is 0 Å². The Bertz CT molecular complexity index is 635. The molecule has 1 aromatic carbocycles. The second-order valence-corrected chi connectivity index (χ2v) is 6.21. The van der Waals surface area contributed by atoms with Crippen molar-refractivity contribution in [2.75, 3.05) is 0 Å².